The molecule has 0 fully saturated rings. The summed E-state index contributed by atoms with van der Waals surface area (Å²) in [4.78, 5) is 12.9. The summed E-state index contributed by atoms with van der Waals surface area (Å²) in [6.07, 6.45) is -7.48. The van der Waals surface area contributed by atoms with Crippen molar-refractivity contribution in [3.05, 3.63) is 81.7 Å². The summed E-state index contributed by atoms with van der Waals surface area (Å²) < 4.78 is 92.5. The first-order valence-corrected chi connectivity index (χ1v) is 10.9. The van der Waals surface area contributed by atoms with Crippen LogP contribution < -0.4 is 10.6 Å². The molecule has 3 rings (SSSR count). The average Bonchev–Trinajstić information content (AvgIpc) is 2.76. The third-order valence-electron chi connectivity index (χ3n) is 6.21. The SMILES string of the molecule is Cc1cc(F)ccc1C(C)(CC(=O)NCc1cc(C(F)(F)F)cc(C(F)(F)F)c1)C1=CCNCC1. The highest BCUT2D eigenvalue weighted by Gasteiger charge is 2.38. The van der Waals surface area contributed by atoms with Crippen LogP contribution in [-0.4, -0.2) is 19.0 Å². The van der Waals surface area contributed by atoms with Gasteiger partial charge in [-0.2, -0.15) is 26.3 Å². The van der Waals surface area contributed by atoms with E-state index in [1.165, 1.54) is 12.1 Å². The Hall–Kier alpha value is -2.88. The van der Waals surface area contributed by atoms with Crippen molar-refractivity contribution in [3.63, 3.8) is 0 Å². The van der Waals surface area contributed by atoms with Gasteiger partial charge in [0.2, 0.25) is 5.91 Å². The maximum atomic E-state index is 13.7. The average molecular weight is 502 g/mol. The van der Waals surface area contributed by atoms with E-state index in [-0.39, 0.29) is 18.1 Å². The van der Waals surface area contributed by atoms with E-state index in [2.05, 4.69) is 10.6 Å². The number of rotatable bonds is 6. The van der Waals surface area contributed by atoms with E-state index >= 15 is 0 Å². The number of carbonyl (C=O) groups is 1. The first kappa shape index (κ1) is 26.7. The van der Waals surface area contributed by atoms with E-state index < -0.39 is 47.2 Å². The second kappa shape index (κ2) is 10.0. The molecule has 3 nitrogen and oxygen atoms in total. The van der Waals surface area contributed by atoms with Crippen LogP contribution in [0.2, 0.25) is 0 Å². The Kier molecular flexibility index (Phi) is 7.64. The summed E-state index contributed by atoms with van der Waals surface area (Å²) in [5.74, 6) is -0.982. The van der Waals surface area contributed by atoms with E-state index in [9.17, 15) is 35.5 Å². The molecule has 0 saturated heterocycles. The molecule has 35 heavy (non-hydrogen) atoms. The van der Waals surface area contributed by atoms with Gasteiger partial charge in [-0.3, -0.25) is 4.79 Å². The van der Waals surface area contributed by atoms with E-state index in [1.54, 1.807) is 13.0 Å². The molecular formula is C25H25F7N2O. The van der Waals surface area contributed by atoms with Gasteiger partial charge in [0.1, 0.15) is 5.82 Å². The quantitative estimate of drug-likeness (QED) is 0.373. The summed E-state index contributed by atoms with van der Waals surface area (Å²) in [5, 5.41) is 5.64. The molecule has 10 heteroatoms. The van der Waals surface area contributed by atoms with Crippen LogP contribution in [-0.2, 0) is 29.1 Å². The van der Waals surface area contributed by atoms with Gasteiger partial charge >= 0.3 is 12.4 Å². The zero-order chi connectivity index (χ0) is 26.0. The molecule has 190 valence electrons. The van der Waals surface area contributed by atoms with Crippen molar-refractivity contribution >= 4 is 5.91 Å². The molecule has 2 aromatic rings. The largest absolute Gasteiger partial charge is 0.416 e. The van der Waals surface area contributed by atoms with Crippen LogP contribution in [0.5, 0.6) is 0 Å². The number of nitrogens with one attached hydrogen (secondary N) is 2. The highest BCUT2D eigenvalue weighted by atomic mass is 19.4. The van der Waals surface area contributed by atoms with Crippen molar-refractivity contribution in [2.45, 2.75) is 51.0 Å². The molecular weight excluding hydrogens is 477 g/mol. The molecule has 0 aliphatic carbocycles. The number of benzene rings is 2. The molecule has 1 heterocycles. The monoisotopic (exact) mass is 502 g/mol. The number of alkyl halides is 6. The second-order valence-corrected chi connectivity index (χ2v) is 8.84. The van der Waals surface area contributed by atoms with Gasteiger partial charge in [-0.05, 0) is 66.9 Å². The molecule has 0 radical (unpaired) electrons. The minimum atomic E-state index is -4.97. The third kappa shape index (κ3) is 6.42. The number of hydrogen-bond acceptors (Lipinski definition) is 2. The van der Waals surface area contributed by atoms with Gasteiger partial charge < -0.3 is 10.6 Å². The number of aryl methyl sites for hydroxylation is 1. The number of halogens is 7. The molecule has 2 N–H and O–H groups in total. The third-order valence-corrected chi connectivity index (χ3v) is 6.21. The molecule has 0 spiro atoms. The zero-order valence-corrected chi connectivity index (χ0v) is 19.1. The van der Waals surface area contributed by atoms with Gasteiger partial charge in [-0.1, -0.05) is 24.6 Å². The molecule has 0 bridgehead atoms. The minimum absolute atomic E-state index is 0.0449. The Morgan fingerprint density at radius 1 is 1.00 bits per heavy atom. The molecule has 0 saturated carbocycles. The molecule has 0 aromatic heterocycles. The molecule has 1 amide bonds. The Morgan fingerprint density at radius 3 is 2.14 bits per heavy atom. The van der Waals surface area contributed by atoms with Crippen LogP contribution in [0.1, 0.15) is 47.6 Å². The van der Waals surface area contributed by atoms with Crippen LogP contribution in [0, 0.1) is 12.7 Å². The summed E-state index contributed by atoms with van der Waals surface area (Å²) in [5.41, 5.74) is -1.74. The fourth-order valence-corrected chi connectivity index (χ4v) is 4.46. The first-order valence-electron chi connectivity index (χ1n) is 10.9. The predicted molar refractivity (Wildman–Crippen MR) is 117 cm³/mol. The Morgan fingerprint density at radius 2 is 1.63 bits per heavy atom. The van der Waals surface area contributed by atoms with Gasteiger partial charge in [0.05, 0.1) is 11.1 Å². The summed E-state index contributed by atoms with van der Waals surface area (Å²) in [6, 6.07) is 5.48. The van der Waals surface area contributed by atoms with Gasteiger partial charge in [0.25, 0.3) is 0 Å². The van der Waals surface area contributed by atoms with E-state index in [0.29, 0.717) is 37.2 Å². The van der Waals surface area contributed by atoms with Crippen molar-refractivity contribution in [3.8, 4) is 0 Å². The van der Waals surface area contributed by atoms with E-state index in [1.807, 2.05) is 13.0 Å². The standard InChI is InChI=1S/C25H25F7N2O/c1-15-9-20(26)3-4-21(15)23(2,17-5-7-33-8-6-17)13-22(35)34-14-16-10-18(24(27,28)29)12-19(11-16)25(30,31)32/h3-5,9-12,33H,6-8,13-14H2,1-2H3,(H,34,35). The number of carbonyl (C=O) groups excluding carboxylic acids is 1. The Bertz CT molecular complexity index is 1090. The minimum Gasteiger partial charge on any atom is -0.352 e. The number of amides is 1. The lowest BCUT2D eigenvalue weighted by molar-refractivity contribution is -0.143. The van der Waals surface area contributed by atoms with Crippen LogP contribution in [0.15, 0.2) is 48.0 Å². The number of hydrogen-bond donors (Lipinski definition) is 2. The Labute approximate surface area is 198 Å². The molecule has 1 atom stereocenters. The summed E-state index contributed by atoms with van der Waals surface area (Å²) in [6.45, 7) is 4.30. The topological polar surface area (TPSA) is 41.1 Å². The molecule has 1 aliphatic rings. The second-order valence-electron chi connectivity index (χ2n) is 8.84. The normalized spacial score (nSPS) is 16.4. The van der Waals surface area contributed by atoms with Crippen LogP contribution in [0.4, 0.5) is 30.7 Å². The van der Waals surface area contributed by atoms with E-state index in [4.69, 9.17) is 0 Å². The van der Waals surface area contributed by atoms with Crippen LogP contribution in [0.3, 0.4) is 0 Å². The zero-order valence-electron chi connectivity index (χ0n) is 19.1. The van der Waals surface area contributed by atoms with Crippen molar-refractivity contribution in [1.82, 2.24) is 10.6 Å². The summed E-state index contributed by atoms with van der Waals surface area (Å²) >= 11 is 0. The summed E-state index contributed by atoms with van der Waals surface area (Å²) in [7, 11) is 0. The lowest BCUT2D eigenvalue weighted by Crippen LogP contribution is -2.37. The van der Waals surface area contributed by atoms with Crippen molar-refractivity contribution in [2.75, 3.05) is 13.1 Å². The van der Waals surface area contributed by atoms with Crippen molar-refractivity contribution in [2.24, 2.45) is 0 Å². The van der Waals surface area contributed by atoms with Crippen molar-refractivity contribution in [1.29, 1.82) is 0 Å². The molecule has 2 aromatic carbocycles. The van der Waals surface area contributed by atoms with E-state index in [0.717, 1.165) is 11.1 Å². The molecule has 1 aliphatic heterocycles. The lowest BCUT2D eigenvalue weighted by Gasteiger charge is -2.36. The smallest absolute Gasteiger partial charge is 0.352 e. The Balaban J connectivity index is 1.87. The van der Waals surface area contributed by atoms with Gasteiger partial charge in [-0.25, -0.2) is 4.39 Å². The van der Waals surface area contributed by atoms with Crippen LogP contribution in [0.25, 0.3) is 0 Å². The fourth-order valence-electron chi connectivity index (χ4n) is 4.46. The van der Waals surface area contributed by atoms with Gasteiger partial charge in [0.15, 0.2) is 0 Å². The van der Waals surface area contributed by atoms with Gasteiger partial charge in [0, 0.05) is 24.9 Å². The first-order chi connectivity index (χ1) is 16.2. The van der Waals surface area contributed by atoms with Crippen molar-refractivity contribution < 1.29 is 35.5 Å². The fraction of sp³-hybridized carbons (Fsp3) is 0.400. The van der Waals surface area contributed by atoms with Gasteiger partial charge in [-0.15, -0.1) is 0 Å². The molecule has 1 unspecified atom stereocenters. The highest BCUT2D eigenvalue weighted by Crippen LogP contribution is 2.40. The van der Waals surface area contributed by atoms with Crippen LogP contribution >= 0.6 is 0 Å². The lowest BCUT2D eigenvalue weighted by atomic mass is 9.70. The maximum absolute atomic E-state index is 13.7. The highest BCUT2D eigenvalue weighted by molar-refractivity contribution is 5.78. The maximum Gasteiger partial charge on any atom is 0.416 e. The predicted octanol–water partition coefficient (Wildman–Crippen LogP) is 6.06.